The van der Waals surface area contributed by atoms with Crippen molar-refractivity contribution in [1.82, 2.24) is 0 Å². The molecule has 0 fully saturated rings. The summed E-state index contributed by atoms with van der Waals surface area (Å²) in [4.78, 5) is 23.7. The van der Waals surface area contributed by atoms with Crippen LogP contribution in [0.4, 0.5) is 5.69 Å². The molecule has 1 unspecified atom stereocenters. The van der Waals surface area contributed by atoms with Gasteiger partial charge in [-0.1, -0.05) is 26.2 Å². The van der Waals surface area contributed by atoms with Gasteiger partial charge in [0.05, 0.1) is 11.3 Å². The van der Waals surface area contributed by atoms with Crippen LogP contribution < -0.4 is 10.1 Å². The molecule has 1 amide bonds. The van der Waals surface area contributed by atoms with Gasteiger partial charge in [0.2, 0.25) is 0 Å². The first-order chi connectivity index (χ1) is 11.9. The highest BCUT2D eigenvalue weighted by molar-refractivity contribution is 5.98. The number of unbranched alkanes of at least 4 members (excludes halogenated alkanes) is 2. The average molecular weight is 346 g/mol. The summed E-state index contributed by atoms with van der Waals surface area (Å²) < 4.78 is 10.7. The quantitative estimate of drug-likeness (QED) is 0.417. The number of ether oxygens (including phenoxy) is 2. The molecule has 1 aromatic carbocycles. The highest BCUT2D eigenvalue weighted by Gasteiger charge is 2.33. The molecule has 0 radical (unpaired) electrons. The van der Waals surface area contributed by atoms with Gasteiger partial charge in [-0.05, 0) is 32.4 Å². The van der Waals surface area contributed by atoms with Gasteiger partial charge in [0.15, 0.2) is 0 Å². The number of anilines is 1. The molecule has 0 spiro atoms. The van der Waals surface area contributed by atoms with E-state index in [1.54, 1.807) is 13.0 Å². The minimum absolute atomic E-state index is 0.222. The normalized spacial score (nSPS) is 12.8. The number of nitriles is 1. The lowest BCUT2D eigenvalue weighted by Gasteiger charge is -2.28. The van der Waals surface area contributed by atoms with E-state index < -0.39 is 11.6 Å². The number of benzene rings is 1. The number of amides is 1. The number of carbonyl (C=O) groups is 2. The molecule has 136 valence electrons. The topological polar surface area (TPSA) is 88.4 Å². The Hall–Kier alpha value is -2.39. The van der Waals surface area contributed by atoms with Crippen LogP contribution in [-0.2, 0) is 14.3 Å². The Morgan fingerprint density at radius 1 is 1.28 bits per heavy atom. The largest absolute Gasteiger partial charge is 0.427 e. The van der Waals surface area contributed by atoms with Crippen LogP contribution in [0.2, 0.25) is 0 Å². The van der Waals surface area contributed by atoms with Gasteiger partial charge in [0.1, 0.15) is 17.4 Å². The molecule has 0 aliphatic heterocycles. The van der Waals surface area contributed by atoms with Crippen LogP contribution in [0.25, 0.3) is 0 Å². The van der Waals surface area contributed by atoms with E-state index >= 15 is 0 Å². The van der Waals surface area contributed by atoms with Crippen LogP contribution in [0.1, 0.15) is 58.9 Å². The molecule has 1 atom stereocenters. The van der Waals surface area contributed by atoms with E-state index in [-0.39, 0.29) is 17.2 Å². The first kappa shape index (κ1) is 20.7. The summed E-state index contributed by atoms with van der Waals surface area (Å²) in [5.74, 6) is -0.500. The molecule has 0 aliphatic rings. The van der Waals surface area contributed by atoms with Crippen molar-refractivity contribution < 1.29 is 19.1 Å². The Labute approximate surface area is 149 Å². The number of esters is 1. The number of nitrogens with zero attached hydrogens (tertiary/aromatic N) is 1. The number of rotatable bonds is 9. The molecule has 25 heavy (non-hydrogen) atoms. The van der Waals surface area contributed by atoms with Crippen molar-refractivity contribution in [3.05, 3.63) is 23.8 Å². The van der Waals surface area contributed by atoms with Crippen molar-refractivity contribution in [2.24, 2.45) is 0 Å². The molecule has 0 bridgehead atoms. The Morgan fingerprint density at radius 2 is 2.00 bits per heavy atom. The Kier molecular flexibility index (Phi) is 8.09. The molecule has 0 aliphatic carbocycles. The van der Waals surface area contributed by atoms with Gasteiger partial charge in [0, 0.05) is 19.6 Å². The van der Waals surface area contributed by atoms with Crippen molar-refractivity contribution in [2.75, 3.05) is 11.9 Å². The molecule has 6 nitrogen and oxygen atoms in total. The monoisotopic (exact) mass is 346 g/mol. The third-order valence-corrected chi connectivity index (χ3v) is 3.82. The highest BCUT2D eigenvalue weighted by Crippen LogP contribution is 2.26. The fourth-order valence-electron chi connectivity index (χ4n) is 2.49. The molecule has 1 rings (SSSR count). The van der Waals surface area contributed by atoms with Gasteiger partial charge >= 0.3 is 5.97 Å². The van der Waals surface area contributed by atoms with E-state index in [1.165, 1.54) is 19.1 Å². The SMILES string of the molecule is CCCCCC(C)(OCC)C(=O)Nc1ccc(OC(C)=O)cc1C#N. The zero-order valence-electron chi connectivity index (χ0n) is 15.3. The molecule has 0 saturated carbocycles. The van der Waals surface area contributed by atoms with E-state index in [0.29, 0.717) is 18.7 Å². The maximum Gasteiger partial charge on any atom is 0.308 e. The van der Waals surface area contributed by atoms with Crippen molar-refractivity contribution in [2.45, 2.75) is 59.0 Å². The molecule has 6 heteroatoms. The van der Waals surface area contributed by atoms with E-state index in [1.807, 2.05) is 13.0 Å². The fraction of sp³-hybridized carbons (Fsp3) is 0.526. The minimum Gasteiger partial charge on any atom is -0.427 e. The van der Waals surface area contributed by atoms with Crippen LogP contribution in [-0.4, -0.2) is 24.1 Å². The molecular weight excluding hydrogens is 320 g/mol. The number of nitrogens with one attached hydrogen (secondary N) is 1. The second kappa shape index (κ2) is 9.80. The lowest BCUT2D eigenvalue weighted by atomic mass is 9.96. The van der Waals surface area contributed by atoms with Crippen molar-refractivity contribution in [1.29, 1.82) is 5.26 Å². The van der Waals surface area contributed by atoms with E-state index in [9.17, 15) is 14.9 Å². The fourth-order valence-corrected chi connectivity index (χ4v) is 2.49. The number of hydrogen-bond donors (Lipinski definition) is 1. The second-order valence-corrected chi connectivity index (χ2v) is 5.99. The molecular formula is C19H26N2O4. The summed E-state index contributed by atoms with van der Waals surface area (Å²) in [5, 5.41) is 12.1. The molecule has 0 heterocycles. The van der Waals surface area contributed by atoms with Crippen molar-refractivity contribution >= 4 is 17.6 Å². The lowest BCUT2D eigenvalue weighted by molar-refractivity contribution is -0.139. The molecule has 1 N–H and O–H groups in total. The molecule has 0 saturated heterocycles. The third-order valence-electron chi connectivity index (χ3n) is 3.82. The maximum absolute atomic E-state index is 12.7. The molecule has 0 aromatic heterocycles. The van der Waals surface area contributed by atoms with Crippen LogP contribution >= 0.6 is 0 Å². The first-order valence-electron chi connectivity index (χ1n) is 8.54. The van der Waals surface area contributed by atoms with Gasteiger partial charge in [-0.3, -0.25) is 9.59 Å². The summed E-state index contributed by atoms with van der Waals surface area (Å²) in [7, 11) is 0. The summed E-state index contributed by atoms with van der Waals surface area (Å²) in [6, 6.07) is 6.51. The highest BCUT2D eigenvalue weighted by atomic mass is 16.5. The van der Waals surface area contributed by atoms with Crippen LogP contribution in [0.15, 0.2) is 18.2 Å². The van der Waals surface area contributed by atoms with E-state index in [4.69, 9.17) is 9.47 Å². The zero-order valence-corrected chi connectivity index (χ0v) is 15.3. The summed E-state index contributed by atoms with van der Waals surface area (Å²) >= 11 is 0. The molecule has 1 aromatic rings. The lowest BCUT2D eigenvalue weighted by Crippen LogP contribution is -2.43. The zero-order chi connectivity index (χ0) is 18.9. The van der Waals surface area contributed by atoms with E-state index in [2.05, 4.69) is 12.2 Å². The Bertz CT molecular complexity index is 651. The van der Waals surface area contributed by atoms with Gasteiger partial charge in [-0.2, -0.15) is 5.26 Å². The summed E-state index contributed by atoms with van der Waals surface area (Å²) in [5.41, 5.74) is -0.366. The van der Waals surface area contributed by atoms with Crippen LogP contribution in [0.5, 0.6) is 5.75 Å². The summed E-state index contributed by atoms with van der Waals surface area (Å²) in [6.07, 6.45) is 3.57. The van der Waals surface area contributed by atoms with Crippen LogP contribution in [0.3, 0.4) is 0 Å². The number of carbonyl (C=O) groups excluding carboxylic acids is 2. The third kappa shape index (κ3) is 6.20. The first-order valence-corrected chi connectivity index (χ1v) is 8.54. The van der Waals surface area contributed by atoms with Gasteiger partial charge in [-0.15, -0.1) is 0 Å². The van der Waals surface area contributed by atoms with E-state index in [0.717, 1.165) is 19.3 Å². The summed E-state index contributed by atoms with van der Waals surface area (Å²) in [6.45, 7) is 7.42. The predicted molar refractivity (Wildman–Crippen MR) is 95.3 cm³/mol. The number of hydrogen-bond acceptors (Lipinski definition) is 5. The van der Waals surface area contributed by atoms with Gasteiger partial charge in [0.25, 0.3) is 5.91 Å². The Morgan fingerprint density at radius 3 is 2.56 bits per heavy atom. The second-order valence-electron chi connectivity index (χ2n) is 5.99. The average Bonchev–Trinajstić information content (AvgIpc) is 2.56. The van der Waals surface area contributed by atoms with Crippen LogP contribution in [0, 0.1) is 11.3 Å². The maximum atomic E-state index is 12.7. The van der Waals surface area contributed by atoms with Gasteiger partial charge in [-0.25, -0.2) is 0 Å². The van der Waals surface area contributed by atoms with Gasteiger partial charge < -0.3 is 14.8 Å². The van der Waals surface area contributed by atoms with Crippen molar-refractivity contribution in [3.63, 3.8) is 0 Å². The standard InChI is InChI=1S/C19H26N2O4/c1-5-7-8-11-19(4,24-6-2)18(23)21-17-10-9-16(25-14(3)22)12-15(17)13-20/h9-10,12H,5-8,11H2,1-4H3,(H,21,23). The Balaban J connectivity index is 2.95. The smallest absolute Gasteiger partial charge is 0.308 e. The minimum atomic E-state index is -0.953. The predicted octanol–water partition coefficient (Wildman–Crippen LogP) is 3.80. The van der Waals surface area contributed by atoms with Crippen molar-refractivity contribution in [3.8, 4) is 11.8 Å².